The van der Waals surface area contributed by atoms with Crippen LogP contribution < -0.4 is 5.32 Å². The molecule has 0 atom stereocenters. The highest BCUT2D eigenvalue weighted by atomic mass is 35.5. The van der Waals surface area contributed by atoms with Gasteiger partial charge in [-0.25, -0.2) is 4.79 Å². The van der Waals surface area contributed by atoms with Gasteiger partial charge in [0.05, 0.1) is 5.69 Å². The van der Waals surface area contributed by atoms with E-state index >= 15 is 0 Å². The molecule has 0 saturated heterocycles. The van der Waals surface area contributed by atoms with Crippen molar-refractivity contribution in [1.29, 1.82) is 0 Å². The molecule has 0 aliphatic carbocycles. The number of halogens is 1. The number of anilines is 1. The van der Waals surface area contributed by atoms with Crippen molar-refractivity contribution in [3.8, 4) is 0 Å². The normalized spacial score (nSPS) is 11.2. The molecule has 0 aliphatic heterocycles. The first-order valence-electron chi connectivity index (χ1n) is 8.58. The molecule has 1 amide bonds. The van der Waals surface area contributed by atoms with Crippen molar-refractivity contribution in [3.63, 3.8) is 0 Å². The van der Waals surface area contributed by atoms with Crippen LogP contribution in [0.25, 0.3) is 0 Å². The SMILES string of the molecule is CN(C)CCOC(=O)C(=NO)C(=O)Nc1ccc(Cl)cc1C(=O)c1ccccc1. The van der Waals surface area contributed by atoms with Gasteiger partial charge in [-0.1, -0.05) is 47.1 Å². The van der Waals surface area contributed by atoms with Crippen LogP contribution in [0, 0.1) is 0 Å². The van der Waals surface area contributed by atoms with E-state index in [4.69, 9.17) is 21.5 Å². The molecule has 0 fully saturated rings. The summed E-state index contributed by atoms with van der Waals surface area (Å²) in [5.41, 5.74) is -0.216. The molecule has 0 spiro atoms. The Bertz CT molecular complexity index is 929. The van der Waals surface area contributed by atoms with E-state index in [1.807, 2.05) is 0 Å². The third kappa shape index (κ3) is 6.13. The highest BCUT2D eigenvalue weighted by Crippen LogP contribution is 2.24. The van der Waals surface area contributed by atoms with Crippen molar-refractivity contribution in [1.82, 2.24) is 4.90 Å². The molecule has 0 bridgehead atoms. The van der Waals surface area contributed by atoms with Gasteiger partial charge in [0.1, 0.15) is 6.61 Å². The first kappa shape index (κ1) is 22.1. The molecule has 0 aliphatic rings. The van der Waals surface area contributed by atoms with Crippen LogP contribution in [0.2, 0.25) is 5.02 Å². The minimum absolute atomic E-state index is 0.0107. The van der Waals surface area contributed by atoms with Gasteiger partial charge in [-0.2, -0.15) is 0 Å². The van der Waals surface area contributed by atoms with Crippen LogP contribution >= 0.6 is 11.6 Å². The molecule has 29 heavy (non-hydrogen) atoms. The fourth-order valence-electron chi connectivity index (χ4n) is 2.31. The second kappa shape index (κ2) is 10.4. The quantitative estimate of drug-likeness (QED) is 0.170. The van der Waals surface area contributed by atoms with Gasteiger partial charge in [0.2, 0.25) is 0 Å². The minimum atomic E-state index is -1.09. The summed E-state index contributed by atoms with van der Waals surface area (Å²) in [4.78, 5) is 39.0. The van der Waals surface area contributed by atoms with Gasteiger partial charge in [-0.05, 0) is 32.3 Å². The van der Waals surface area contributed by atoms with Crippen LogP contribution in [0.1, 0.15) is 15.9 Å². The summed E-state index contributed by atoms with van der Waals surface area (Å²) in [5, 5.41) is 14.5. The van der Waals surface area contributed by atoms with Crippen molar-refractivity contribution in [2.24, 2.45) is 5.16 Å². The Morgan fingerprint density at radius 1 is 1.14 bits per heavy atom. The van der Waals surface area contributed by atoms with E-state index in [1.54, 1.807) is 49.3 Å². The first-order chi connectivity index (χ1) is 13.8. The third-order valence-corrected chi connectivity index (χ3v) is 4.03. The predicted octanol–water partition coefficient (Wildman–Crippen LogP) is 2.44. The van der Waals surface area contributed by atoms with Crippen LogP contribution in [-0.2, 0) is 14.3 Å². The average Bonchev–Trinajstić information content (AvgIpc) is 2.69. The highest BCUT2D eigenvalue weighted by molar-refractivity contribution is 6.66. The van der Waals surface area contributed by atoms with Crippen molar-refractivity contribution in [3.05, 3.63) is 64.7 Å². The Balaban J connectivity index is 2.21. The number of carbonyl (C=O) groups excluding carboxylic acids is 3. The second-order valence-corrected chi connectivity index (χ2v) is 6.66. The molecule has 2 aromatic rings. The van der Waals surface area contributed by atoms with Gasteiger partial charge in [0.15, 0.2) is 5.78 Å². The van der Waals surface area contributed by atoms with Crippen LogP contribution in [0.3, 0.4) is 0 Å². The van der Waals surface area contributed by atoms with E-state index in [2.05, 4.69) is 10.5 Å². The number of ketones is 1. The van der Waals surface area contributed by atoms with Crippen molar-refractivity contribution in [2.75, 3.05) is 32.6 Å². The largest absolute Gasteiger partial charge is 0.459 e. The molecule has 9 heteroatoms. The van der Waals surface area contributed by atoms with E-state index < -0.39 is 17.6 Å². The lowest BCUT2D eigenvalue weighted by molar-refractivity contribution is -0.136. The van der Waals surface area contributed by atoms with E-state index in [0.717, 1.165) is 0 Å². The number of carbonyl (C=O) groups is 3. The summed E-state index contributed by atoms with van der Waals surface area (Å²) in [6, 6.07) is 12.7. The lowest BCUT2D eigenvalue weighted by Gasteiger charge is -2.12. The maximum absolute atomic E-state index is 12.8. The molecule has 0 radical (unpaired) electrons. The lowest BCUT2D eigenvalue weighted by Crippen LogP contribution is -2.33. The predicted molar refractivity (Wildman–Crippen MR) is 109 cm³/mol. The molecule has 0 saturated carbocycles. The molecule has 2 rings (SSSR count). The maximum atomic E-state index is 12.8. The standard InChI is InChI=1S/C20H20ClN3O5/c1-24(2)10-11-29-20(27)17(23-28)19(26)22-16-9-8-14(21)12-15(16)18(25)13-6-4-3-5-7-13/h3-9,12,28H,10-11H2,1-2H3,(H,22,26). The zero-order valence-electron chi connectivity index (χ0n) is 15.9. The zero-order valence-corrected chi connectivity index (χ0v) is 16.6. The molecule has 2 aromatic carbocycles. The molecular formula is C20H20ClN3O5. The number of benzene rings is 2. The number of ether oxygens (including phenoxy) is 1. The fourth-order valence-corrected chi connectivity index (χ4v) is 2.48. The number of hydrogen-bond donors (Lipinski definition) is 2. The molecule has 152 valence electrons. The number of nitrogens with one attached hydrogen (secondary N) is 1. The molecule has 0 aromatic heterocycles. The Morgan fingerprint density at radius 3 is 2.45 bits per heavy atom. The van der Waals surface area contributed by atoms with E-state index in [9.17, 15) is 14.4 Å². The van der Waals surface area contributed by atoms with Crippen molar-refractivity contribution < 1.29 is 24.3 Å². The van der Waals surface area contributed by atoms with E-state index in [1.165, 1.54) is 18.2 Å². The summed E-state index contributed by atoms with van der Waals surface area (Å²) < 4.78 is 4.91. The number of rotatable bonds is 8. The van der Waals surface area contributed by atoms with Crippen LogP contribution in [0.4, 0.5) is 5.69 Å². The van der Waals surface area contributed by atoms with Gasteiger partial charge in [-0.3, -0.25) is 9.59 Å². The highest BCUT2D eigenvalue weighted by Gasteiger charge is 2.25. The van der Waals surface area contributed by atoms with Gasteiger partial charge in [-0.15, -0.1) is 0 Å². The zero-order chi connectivity index (χ0) is 21.4. The Morgan fingerprint density at radius 2 is 1.83 bits per heavy atom. The number of esters is 1. The Hall–Kier alpha value is -3.23. The molecule has 2 N–H and O–H groups in total. The summed E-state index contributed by atoms with van der Waals surface area (Å²) in [6.07, 6.45) is 0. The first-order valence-corrected chi connectivity index (χ1v) is 8.96. The summed E-state index contributed by atoms with van der Waals surface area (Å²) in [7, 11) is 3.57. The van der Waals surface area contributed by atoms with Gasteiger partial charge in [0, 0.05) is 22.7 Å². The van der Waals surface area contributed by atoms with Crippen LogP contribution in [0.5, 0.6) is 0 Å². The summed E-state index contributed by atoms with van der Waals surface area (Å²) >= 11 is 6.00. The monoisotopic (exact) mass is 417 g/mol. The van der Waals surface area contributed by atoms with Crippen molar-refractivity contribution in [2.45, 2.75) is 0 Å². The molecule has 0 heterocycles. The summed E-state index contributed by atoms with van der Waals surface area (Å²) in [6.45, 7) is 0.440. The third-order valence-electron chi connectivity index (χ3n) is 3.79. The van der Waals surface area contributed by atoms with Gasteiger partial charge in [0.25, 0.3) is 11.6 Å². The number of hydrogen-bond acceptors (Lipinski definition) is 7. The average molecular weight is 418 g/mol. The number of likely N-dealkylation sites (N-methyl/N-ethyl adjacent to an activating group) is 1. The number of nitrogens with zero attached hydrogens (tertiary/aromatic N) is 2. The van der Waals surface area contributed by atoms with Crippen molar-refractivity contribution >= 4 is 40.7 Å². The van der Waals surface area contributed by atoms with E-state index in [0.29, 0.717) is 17.1 Å². The number of amides is 1. The fraction of sp³-hybridized carbons (Fsp3) is 0.200. The van der Waals surface area contributed by atoms with Gasteiger partial charge >= 0.3 is 5.97 Å². The maximum Gasteiger partial charge on any atom is 0.366 e. The van der Waals surface area contributed by atoms with Crippen LogP contribution in [0.15, 0.2) is 53.7 Å². The van der Waals surface area contributed by atoms with Crippen LogP contribution in [-0.4, -0.2) is 60.7 Å². The second-order valence-electron chi connectivity index (χ2n) is 6.23. The smallest absolute Gasteiger partial charge is 0.366 e. The molecule has 0 unspecified atom stereocenters. The summed E-state index contributed by atoms with van der Waals surface area (Å²) in [5.74, 6) is -2.48. The topological polar surface area (TPSA) is 108 Å². The number of oxime groups is 1. The van der Waals surface area contributed by atoms with Gasteiger partial charge < -0.3 is 20.2 Å². The molecular weight excluding hydrogens is 398 g/mol. The minimum Gasteiger partial charge on any atom is -0.459 e. The Kier molecular flexibility index (Phi) is 7.88. The lowest BCUT2D eigenvalue weighted by atomic mass is 10.0. The Labute approximate surface area is 172 Å². The van der Waals surface area contributed by atoms with E-state index in [-0.39, 0.29) is 23.6 Å². The molecule has 8 nitrogen and oxygen atoms in total.